The summed E-state index contributed by atoms with van der Waals surface area (Å²) in [5.74, 6) is -9.52. The zero-order chi connectivity index (χ0) is 9.46. The summed E-state index contributed by atoms with van der Waals surface area (Å²) in [6.45, 7) is 0. The fourth-order valence-electron chi connectivity index (χ4n) is 0.715. The third-order valence-corrected chi connectivity index (χ3v) is 1.43. The van der Waals surface area contributed by atoms with Crippen LogP contribution in [0.5, 0.6) is 0 Å². The van der Waals surface area contributed by atoms with Crippen LogP contribution in [0.15, 0.2) is 0 Å². The Morgan fingerprint density at radius 1 is 0.615 bits per heavy atom. The zero-order valence-corrected chi connectivity index (χ0v) is 5.89. The molecule has 66 valence electrons. The topological polar surface area (TPSA) is 0 Å². The maximum absolute atomic E-state index is 12.4. The van der Waals surface area contributed by atoms with Gasteiger partial charge >= 0.3 is 18.9 Å². The molecule has 0 bridgehead atoms. The first-order valence-corrected chi connectivity index (χ1v) is 2.94. The van der Waals surface area contributed by atoms with Crippen molar-refractivity contribution in [2.24, 2.45) is 0 Å². The van der Waals surface area contributed by atoms with Crippen LogP contribution in [0, 0.1) is 29.1 Å². The number of halogens is 5. The molecule has 0 aliphatic heterocycles. The molecule has 0 spiro atoms. The van der Waals surface area contributed by atoms with Crippen molar-refractivity contribution in [1.29, 1.82) is 0 Å². The van der Waals surface area contributed by atoms with Crippen molar-refractivity contribution >= 4 is 32.2 Å². The first-order valence-electron chi connectivity index (χ1n) is 2.94. The van der Waals surface area contributed by atoms with Crippen LogP contribution < -0.4 is 5.46 Å². The SMILES string of the molecule is Bc1c(F)c(F)c(F)c(F)c1F.[LiH]. The molecule has 0 aromatic heterocycles. The summed E-state index contributed by atoms with van der Waals surface area (Å²) in [4.78, 5) is 0. The molecule has 0 atom stereocenters. The Morgan fingerprint density at radius 3 is 1.15 bits per heavy atom. The molecule has 1 aromatic carbocycles. The minimum absolute atomic E-state index is 0. The van der Waals surface area contributed by atoms with Gasteiger partial charge in [0.2, 0.25) is 0 Å². The van der Waals surface area contributed by atoms with E-state index < -0.39 is 34.5 Å². The van der Waals surface area contributed by atoms with E-state index in [1.807, 2.05) is 0 Å². The molecular weight excluding hydrogens is 185 g/mol. The summed E-state index contributed by atoms with van der Waals surface area (Å²) >= 11 is 0. The second-order valence-electron chi connectivity index (χ2n) is 2.19. The van der Waals surface area contributed by atoms with Crippen molar-refractivity contribution in [3.05, 3.63) is 29.1 Å². The van der Waals surface area contributed by atoms with Crippen LogP contribution in [0.2, 0.25) is 0 Å². The van der Waals surface area contributed by atoms with Crippen molar-refractivity contribution in [2.75, 3.05) is 0 Å². The fraction of sp³-hybridized carbons (Fsp3) is 0. The van der Waals surface area contributed by atoms with Gasteiger partial charge in [-0.25, -0.2) is 22.0 Å². The third-order valence-electron chi connectivity index (χ3n) is 1.43. The molecule has 0 saturated heterocycles. The van der Waals surface area contributed by atoms with Crippen LogP contribution in [0.4, 0.5) is 22.0 Å². The van der Waals surface area contributed by atoms with Gasteiger partial charge in [-0.05, 0) is 5.46 Å². The Balaban J connectivity index is 0.00000144. The van der Waals surface area contributed by atoms with E-state index in [0.717, 1.165) is 7.85 Å². The molecule has 7 heteroatoms. The van der Waals surface area contributed by atoms with Gasteiger partial charge in [-0.2, -0.15) is 0 Å². The van der Waals surface area contributed by atoms with Gasteiger partial charge in [-0.3, -0.25) is 0 Å². The minimum atomic E-state index is -2.13. The predicted molar refractivity (Wildman–Crippen MR) is 41.6 cm³/mol. The first kappa shape index (κ1) is 12.5. The molecule has 0 unspecified atom stereocenters. The van der Waals surface area contributed by atoms with E-state index >= 15 is 0 Å². The number of rotatable bonds is 0. The van der Waals surface area contributed by atoms with E-state index in [1.165, 1.54) is 0 Å². The Kier molecular flexibility index (Phi) is 4.01. The number of benzene rings is 1. The van der Waals surface area contributed by atoms with E-state index in [9.17, 15) is 22.0 Å². The van der Waals surface area contributed by atoms with Crippen LogP contribution >= 0.6 is 0 Å². The predicted octanol–water partition coefficient (Wildman–Crippen LogP) is -0.00800. The summed E-state index contributed by atoms with van der Waals surface area (Å²) < 4.78 is 61.6. The van der Waals surface area contributed by atoms with Gasteiger partial charge in [0.1, 0.15) is 7.85 Å². The van der Waals surface area contributed by atoms with Crippen molar-refractivity contribution in [3.63, 3.8) is 0 Å². The Hall–Kier alpha value is -0.468. The molecule has 13 heavy (non-hydrogen) atoms. The quantitative estimate of drug-likeness (QED) is 0.232. The molecule has 0 radical (unpaired) electrons. The van der Waals surface area contributed by atoms with E-state index in [1.54, 1.807) is 0 Å². The van der Waals surface area contributed by atoms with Crippen molar-refractivity contribution in [3.8, 4) is 0 Å². The Bertz CT molecular complexity index is 235. The summed E-state index contributed by atoms with van der Waals surface area (Å²) in [5.41, 5.74) is -0.869. The molecule has 1 aromatic rings. The zero-order valence-electron chi connectivity index (χ0n) is 5.89. The van der Waals surface area contributed by atoms with Gasteiger partial charge in [0.15, 0.2) is 29.1 Å². The number of hydrogen-bond acceptors (Lipinski definition) is 0. The molecule has 0 nitrogen and oxygen atoms in total. The summed E-state index contributed by atoms with van der Waals surface area (Å²) in [7, 11) is 0.816. The average molecular weight is 188 g/mol. The van der Waals surface area contributed by atoms with E-state index in [0.29, 0.717) is 0 Å². The molecule has 0 heterocycles. The maximum atomic E-state index is 12.4. The molecular formula is C6H3BF5Li. The van der Waals surface area contributed by atoms with Crippen molar-refractivity contribution in [2.45, 2.75) is 0 Å². The van der Waals surface area contributed by atoms with Gasteiger partial charge < -0.3 is 0 Å². The molecule has 0 N–H and O–H groups in total. The van der Waals surface area contributed by atoms with Crippen LogP contribution in [-0.2, 0) is 0 Å². The molecule has 1 rings (SSSR count). The molecule has 0 aliphatic carbocycles. The summed E-state index contributed by atoms with van der Waals surface area (Å²) in [5, 5.41) is 0. The standard InChI is InChI=1S/C6H2BF5.Li.H/c7-1-2(8)4(10)6(12)5(11)3(1)9;;/h7H2;;. The molecule has 0 saturated carbocycles. The van der Waals surface area contributed by atoms with Crippen molar-refractivity contribution in [1.82, 2.24) is 0 Å². The molecule has 0 fully saturated rings. The van der Waals surface area contributed by atoms with E-state index in [-0.39, 0.29) is 18.9 Å². The molecule has 0 amide bonds. The van der Waals surface area contributed by atoms with Crippen LogP contribution in [0.3, 0.4) is 0 Å². The van der Waals surface area contributed by atoms with Gasteiger partial charge in [0, 0.05) is 0 Å². The van der Waals surface area contributed by atoms with Crippen LogP contribution in [0.1, 0.15) is 0 Å². The average Bonchev–Trinajstić information content (AvgIpc) is 2.08. The van der Waals surface area contributed by atoms with Crippen LogP contribution in [-0.4, -0.2) is 26.7 Å². The van der Waals surface area contributed by atoms with E-state index in [4.69, 9.17) is 0 Å². The first-order chi connectivity index (χ1) is 5.46. The van der Waals surface area contributed by atoms with Crippen LogP contribution in [0.25, 0.3) is 0 Å². The van der Waals surface area contributed by atoms with Crippen molar-refractivity contribution < 1.29 is 22.0 Å². The van der Waals surface area contributed by atoms with Gasteiger partial charge in [-0.15, -0.1) is 0 Å². The third kappa shape index (κ3) is 1.89. The Morgan fingerprint density at radius 2 is 0.846 bits per heavy atom. The summed E-state index contributed by atoms with van der Waals surface area (Å²) in [6.07, 6.45) is 0. The monoisotopic (exact) mass is 188 g/mol. The Labute approximate surface area is 83.7 Å². The fourth-order valence-corrected chi connectivity index (χ4v) is 0.715. The number of hydrogen-bond donors (Lipinski definition) is 0. The van der Waals surface area contributed by atoms with Gasteiger partial charge in [0.05, 0.1) is 0 Å². The second-order valence-corrected chi connectivity index (χ2v) is 2.19. The molecule has 0 aliphatic rings. The second kappa shape index (κ2) is 4.16. The summed E-state index contributed by atoms with van der Waals surface area (Å²) in [6, 6.07) is 0. The normalized spacial score (nSPS) is 9.62. The van der Waals surface area contributed by atoms with E-state index in [2.05, 4.69) is 0 Å². The van der Waals surface area contributed by atoms with Gasteiger partial charge in [0.25, 0.3) is 0 Å². The van der Waals surface area contributed by atoms with Gasteiger partial charge in [-0.1, -0.05) is 0 Å².